The number of anilines is 1. The minimum Gasteiger partial charge on any atom is -0.338 e. The largest absolute Gasteiger partial charge is 0.338 e. The Bertz CT molecular complexity index is 467. The summed E-state index contributed by atoms with van der Waals surface area (Å²) in [7, 11) is 2.14. The Kier molecular flexibility index (Phi) is 5.59. The number of piperidine rings is 1. The summed E-state index contributed by atoms with van der Waals surface area (Å²) in [5.74, 6) is 0.586. The van der Waals surface area contributed by atoms with Crippen molar-refractivity contribution in [1.29, 1.82) is 0 Å². The van der Waals surface area contributed by atoms with Crippen LogP contribution in [0.1, 0.15) is 31.4 Å². The van der Waals surface area contributed by atoms with Crippen molar-refractivity contribution < 1.29 is 4.79 Å². The van der Waals surface area contributed by atoms with E-state index in [1.54, 1.807) is 0 Å². The van der Waals surface area contributed by atoms with Crippen molar-refractivity contribution in [2.75, 3.05) is 32.0 Å². The summed E-state index contributed by atoms with van der Waals surface area (Å²) in [6.07, 6.45) is 2.30. The molecule has 0 radical (unpaired) electrons. The molecule has 116 valence electrons. The zero-order valence-corrected chi connectivity index (χ0v) is 12.9. The summed E-state index contributed by atoms with van der Waals surface area (Å²) in [4.78, 5) is 14.3. The first kappa shape index (κ1) is 15.8. The van der Waals surface area contributed by atoms with Gasteiger partial charge >= 0.3 is 6.03 Å². The van der Waals surface area contributed by atoms with Crippen molar-refractivity contribution >= 4 is 11.7 Å². The van der Waals surface area contributed by atoms with Crippen LogP contribution in [0.25, 0.3) is 0 Å². The molecule has 0 spiro atoms. The second-order valence-corrected chi connectivity index (χ2v) is 6.00. The van der Waals surface area contributed by atoms with E-state index in [0.717, 1.165) is 43.7 Å². The van der Waals surface area contributed by atoms with E-state index in [-0.39, 0.29) is 12.1 Å². The predicted molar refractivity (Wildman–Crippen MR) is 86.3 cm³/mol. The average Bonchev–Trinajstić information content (AvgIpc) is 2.47. The first-order valence-corrected chi connectivity index (χ1v) is 7.63. The lowest BCUT2D eigenvalue weighted by Crippen LogP contribution is -2.38. The van der Waals surface area contributed by atoms with Gasteiger partial charge in [-0.2, -0.15) is 0 Å². The Morgan fingerprint density at radius 2 is 2.14 bits per heavy atom. The molecule has 4 N–H and O–H groups in total. The molecule has 1 unspecified atom stereocenters. The standard InChI is InChI=1S/C16H26N4O/c1-12(17)14-4-3-5-15(10-14)19-16(21)18-11-13-6-8-20(2)9-7-13/h3-5,10,12-13H,6-9,11,17H2,1-2H3,(H2,18,19,21). The van der Waals surface area contributed by atoms with Crippen molar-refractivity contribution in [3.8, 4) is 0 Å². The average molecular weight is 290 g/mol. The Labute approximate surface area is 126 Å². The zero-order chi connectivity index (χ0) is 15.2. The van der Waals surface area contributed by atoms with E-state index in [2.05, 4.69) is 22.6 Å². The van der Waals surface area contributed by atoms with Crippen LogP contribution in [0.3, 0.4) is 0 Å². The Hall–Kier alpha value is -1.59. The summed E-state index contributed by atoms with van der Waals surface area (Å²) in [5, 5.41) is 5.83. The normalized spacial score (nSPS) is 18.2. The minimum atomic E-state index is -0.143. The fourth-order valence-corrected chi connectivity index (χ4v) is 2.58. The summed E-state index contributed by atoms with van der Waals surface area (Å²) in [6.45, 7) is 4.90. The third kappa shape index (κ3) is 5.02. The van der Waals surface area contributed by atoms with Gasteiger partial charge < -0.3 is 21.3 Å². The fourth-order valence-electron chi connectivity index (χ4n) is 2.58. The molecule has 1 aliphatic heterocycles. The van der Waals surface area contributed by atoms with Gasteiger partial charge in [0.05, 0.1) is 0 Å². The van der Waals surface area contributed by atoms with E-state index in [0.29, 0.717) is 5.92 Å². The first-order chi connectivity index (χ1) is 10.0. The number of hydrogen-bond acceptors (Lipinski definition) is 3. The van der Waals surface area contributed by atoms with Crippen LogP contribution < -0.4 is 16.4 Å². The molecule has 21 heavy (non-hydrogen) atoms. The molecule has 1 heterocycles. The van der Waals surface area contributed by atoms with Crippen molar-refractivity contribution in [3.63, 3.8) is 0 Å². The second-order valence-electron chi connectivity index (χ2n) is 6.00. The topological polar surface area (TPSA) is 70.4 Å². The predicted octanol–water partition coefficient (Wildman–Crippen LogP) is 2.17. The SMILES string of the molecule is CC(N)c1cccc(NC(=O)NCC2CCN(C)CC2)c1. The summed E-state index contributed by atoms with van der Waals surface area (Å²) < 4.78 is 0. The van der Waals surface area contributed by atoms with E-state index in [9.17, 15) is 4.79 Å². The van der Waals surface area contributed by atoms with Gasteiger partial charge in [-0.05, 0) is 63.5 Å². The van der Waals surface area contributed by atoms with Gasteiger partial charge in [0.1, 0.15) is 0 Å². The molecule has 2 rings (SSSR count). The lowest BCUT2D eigenvalue weighted by molar-refractivity contribution is 0.213. The van der Waals surface area contributed by atoms with Crippen molar-refractivity contribution in [2.24, 2.45) is 11.7 Å². The molecule has 0 aliphatic carbocycles. The molecule has 2 amide bonds. The zero-order valence-electron chi connectivity index (χ0n) is 12.9. The van der Waals surface area contributed by atoms with Crippen LogP contribution in [0.5, 0.6) is 0 Å². The number of rotatable bonds is 4. The smallest absolute Gasteiger partial charge is 0.319 e. The Balaban J connectivity index is 1.78. The van der Waals surface area contributed by atoms with Gasteiger partial charge in [0.15, 0.2) is 0 Å². The molecule has 1 atom stereocenters. The summed E-state index contributed by atoms with van der Waals surface area (Å²) >= 11 is 0. The molecule has 5 heteroatoms. The quantitative estimate of drug-likeness (QED) is 0.796. The molecular formula is C16H26N4O. The Morgan fingerprint density at radius 3 is 2.81 bits per heavy atom. The maximum atomic E-state index is 11.9. The van der Waals surface area contributed by atoms with Crippen molar-refractivity contribution in [1.82, 2.24) is 10.2 Å². The number of carbonyl (C=O) groups excluding carboxylic acids is 1. The third-order valence-electron chi connectivity index (χ3n) is 4.06. The van der Waals surface area contributed by atoms with E-state index >= 15 is 0 Å². The highest BCUT2D eigenvalue weighted by Gasteiger charge is 2.17. The van der Waals surface area contributed by atoms with Gasteiger partial charge in [-0.15, -0.1) is 0 Å². The monoisotopic (exact) mass is 290 g/mol. The van der Waals surface area contributed by atoms with Gasteiger partial charge in [-0.25, -0.2) is 4.79 Å². The molecule has 5 nitrogen and oxygen atoms in total. The summed E-state index contributed by atoms with van der Waals surface area (Å²) in [5.41, 5.74) is 7.65. The lowest BCUT2D eigenvalue weighted by atomic mass is 9.97. The van der Waals surface area contributed by atoms with Crippen LogP contribution in [-0.4, -0.2) is 37.6 Å². The highest BCUT2D eigenvalue weighted by molar-refractivity contribution is 5.89. The first-order valence-electron chi connectivity index (χ1n) is 7.63. The van der Waals surface area contributed by atoms with Crippen LogP contribution in [-0.2, 0) is 0 Å². The van der Waals surface area contributed by atoms with Crippen LogP contribution >= 0.6 is 0 Å². The van der Waals surface area contributed by atoms with E-state index in [4.69, 9.17) is 5.73 Å². The fraction of sp³-hybridized carbons (Fsp3) is 0.562. The van der Waals surface area contributed by atoms with Gasteiger partial charge in [0, 0.05) is 18.3 Å². The molecule has 1 saturated heterocycles. The number of likely N-dealkylation sites (tertiary alicyclic amines) is 1. The van der Waals surface area contributed by atoms with Crippen LogP contribution in [0.2, 0.25) is 0 Å². The number of amides is 2. The number of nitrogens with zero attached hydrogens (tertiary/aromatic N) is 1. The number of urea groups is 1. The molecule has 1 aliphatic rings. The number of carbonyl (C=O) groups is 1. The molecule has 1 fully saturated rings. The van der Waals surface area contributed by atoms with E-state index in [1.165, 1.54) is 0 Å². The maximum absolute atomic E-state index is 11.9. The summed E-state index contributed by atoms with van der Waals surface area (Å²) in [6, 6.07) is 7.49. The van der Waals surface area contributed by atoms with Crippen molar-refractivity contribution in [2.45, 2.75) is 25.8 Å². The van der Waals surface area contributed by atoms with Gasteiger partial charge in [0.25, 0.3) is 0 Å². The number of hydrogen-bond donors (Lipinski definition) is 3. The second kappa shape index (κ2) is 7.43. The minimum absolute atomic E-state index is 0.0333. The van der Waals surface area contributed by atoms with Gasteiger partial charge in [-0.1, -0.05) is 12.1 Å². The van der Waals surface area contributed by atoms with Gasteiger partial charge in [-0.3, -0.25) is 0 Å². The number of nitrogens with one attached hydrogen (secondary N) is 2. The van der Waals surface area contributed by atoms with Crippen LogP contribution in [0.15, 0.2) is 24.3 Å². The van der Waals surface area contributed by atoms with Crippen LogP contribution in [0.4, 0.5) is 10.5 Å². The third-order valence-corrected chi connectivity index (χ3v) is 4.06. The number of benzene rings is 1. The van der Waals surface area contributed by atoms with Gasteiger partial charge in [0.2, 0.25) is 0 Å². The number of nitrogens with two attached hydrogens (primary N) is 1. The maximum Gasteiger partial charge on any atom is 0.319 e. The van der Waals surface area contributed by atoms with E-state index < -0.39 is 0 Å². The van der Waals surface area contributed by atoms with Crippen LogP contribution in [0, 0.1) is 5.92 Å². The molecule has 0 saturated carbocycles. The molecule has 0 aromatic heterocycles. The Morgan fingerprint density at radius 1 is 1.43 bits per heavy atom. The van der Waals surface area contributed by atoms with E-state index in [1.807, 2.05) is 31.2 Å². The molecule has 1 aromatic rings. The molecular weight excluding hydrogens is 264 g/mol. The molecule has 0 bridgehead atoms. The lowest BCUT2D eigenvalue weighted by Gasteiger charge is -2.28. The molecule has 1 aromatic carbocycles. The highest BCUT2D eigenvalue weighted by Crippen LogP contribution is 2.16. The van der Waals surface area contributed by atoms with Crippen molar-refractivity contribution in [3.05, 3.63) is 29.8 Å². The highest BCUT2D eigenvalue weighted by atomic mass is 16.2.